The third-order valence-corrected chi connectivity index (χ3v) is 6.39. The minimum atomic E-state index is -0.647. The van der Waals surface area contributed by atoms with Crippen LogP contribution in [-0.2, 0) is 4.74 Å². The molecule has 1 saturated carbocycles. The van der Waals surface area contributed by atoms with E-state index in [0.717, 1.165) is 15.8 Å². The van der Waals surface area contributed by atoms with Gasteiger partial charge in [-0.25, -0.2) is 23.5 Å². The maximum Gasteiger partial charge on any atom is 0.407 e. The van der Waals surface area contributed by atoms with Crippen molar-refractivity contribution >= 4 is 39.7 Å². The number of hydrogen-bond acceptors (Lipinski definition) is 5. The van der Waals surface area contributed by atoms with Gasteiger partial charge in [0.05, 0.1) is 17.3 Å². The predicted molar refractivity (Wildman–Crippen MR) is 135 cm³/mol. The average Bonchev–Trinajstić information content (AvgIpc) is 2.74. The van der Waals surface area contributed by atoms with Gasteiger partial charge < -0.3 is 10.1 Å². The zero-order valence-corrected chi connectivity index (χ0v) is 21.3. The molecule has 2 heterocycles. The first-order valence-electron chi connectivity index (χ1n) is 11.1. The van der Waals surface area contributed by atoms with E-state index in [2.05, 4.69) is 32.9 Å². The summed E-state index contributed by atoms with van der Waals surface area (Å²) in [6.45, 7) is 5.61. The van der Waals surface area contributed by atoms with Crippen LogP contribution < -0.4 is 16.6 Å². The van der Waals surface area contributed by atoms with Crippen LogP contribution in [0, 0.1) is 9.39 Å². The number of amides is 1. The molecule has 0 atom stereocenters. The Morgan fingerprint density at radius 3 is 2.53 bits per heavy atom. The second-order valence-electron chi connectivity index (χ2n) is 9.51. The number of nitrogens with zero attached hydrogens (tertiary/aromatic N) is 3. The molecule has 180 valence electrons. The fourth-order valence-electron chi connectivity index (χ4n) is 4.26. The number of fused-ring (bicyclic) bond motifs is 1. The van der Waals surface area contributed by atoms with Crippen LogP contribution in [0.1, 0.15) is 52.5 Å². The van der Waals surface area contributed by atoms with E-state index >= 15 is 0 Å². The number of ether oxygens (including phenoxy) is 1. The molecule has 0 unspecified atom stereocenters. The number of rotatable bonds is 3. The van der Waals surface area contributed by atoms with E-state index in [4.69, 9.17) is 4.74 Å². The molecule has 0 spiro atoms. The van der Waals surface area contributed by atoms with Gasteiger partial charge in [0, 0.05) is 15.2 Å². The Labute approximate surface area is 209 Å². The second kappa shape index (κ2) is 9.47. The van der Waals surface area contributed by atoms with Gasteiger partial charge in [-0.1, -0.05) is 6.07 Å². The molecule has 0 radical (unpaired) electrons. The lowest BCUT2D eigenvalue weighted by atomic mass is 9.92. The first kappa shape index (κ1) is 24.4. The molecule has 1 amide bonds. The number of nitrogens with one attached hydrogen (secondary N) is 1. The highest BCUT2D eigenvalue weighted by Crippen LogP contribution is 2.29. The Kier molecular flexibility index (Phi) is 6.79. The molecule has 4 rings (SSSR count). The van der Waals surface area contributed by atoms with Crippen molar-refractivity contribution in [3.63, 3.8) is 0 Å². The molecule has 1 fully saturated rings. The topological polar surface area (TPSA) is 95.2 Å². The minimum Gasteiger partial charge on any atom is -0.446 e. The standard InChI is InChI=1S/C24H26FIN4O4/c1-24(2,3)28-22(32)34-18-9-7-16(8-10-18)30-21(31)19-11-14(25)13-27-20(19)29(23(30)33)17-6-4-5-15(26)12-17/h4-6,11-13,16,18H,7-10H2,1-3H3,(H,28,32). The number of aromatic nitrogens is 3. The average molecular weight is 580 g/mol. The van der Waals surface area contributed by atoms with E-state index in [1.807, 2.05) is 26.8 Å². The SMILES string of the molecule is CC(C)(C)NC(=O)OC1CCC(n2c(=O)c3cc(F)cnc3n(-c3cccc(I)c3)c2=O)CC1. The Morgan fingerprint density at radius 1 is 1.18 bits per heavy atom. The van der Waals surface area contributed by atoms with Crippen LogP contribution in [-0.4, -0.2) is 31.9 Å². The lowest BCUT2D eigenvalue weighted by molar-refractivity contribution is 0.0602. The molecule has 0 saturated heterocycles. The van der Waals surface area contributed by atoms with Gasteiger partial charge >= 0.3 is 11.8 Å². The number of alkyl carbamates (subject to hydrolysis) is 1. The van der Waals surface area contributed by atoms with Crippen molar-refractivity contribution in [1.29, 1.82) is 0 Å². The number of carbonyl (C=O) groups excluding carboxylic acids is 1. The Balaban J connectivity index is 1.70. The fraction of sp³-hybridized carbons (Fsp3) is 0.417. The van der Waals surface area contributed by atoms with E-state index in [0.29, 0.717) is 31.4 Å². The van der Waals surface area contributed by atoms with Gasteiger partial charge in [-0.05, 0) is 93.3 Å². The van der Waals surface area contributed by atoms with E-state index < -0.39 is 34.7 Å². The summed E-state index contributed by atoms with van der Waals surface area (Å²) in [4.78, 5) is 43.1. The lowest BCUT2D eigenvalue weighted by Crippen LogP contribution is -2.45. The van der Waals surface area contributed by atoms with Gasteiger partial charge in [0.25, 0.3) is 5.56 Å². The quantitative estimate of drug-likeness (QED) is 0.467. The van der Waals surface area contributed by atoms with Gasteiger partial charge in [-0.15, -0.1) is 0 Å². The molecule has 10 heteroatoms. The number of carbonyl (C=O) groups is 1. The summed E-state index contributed by atoms with van der Waals surface area (Å²) in [5.41, 5.74) is -0.829. The Morgan fingerprint density at radius 2 is 1.88 bits per heavy atom. The minimum absolute atomic E-state index is 0.0430. The molecule has 8 nitrogen and oxygen atoms in total. The normalized spacial score (nSPS) is 18.6. The number of benzene rings is 1. The second-order valence-corrected chi connectivity index (χ2v) is 10.8. The van der Waals surface area contributed by atoms with Crippen molar-refractivity contribution in [2.45, 2.75) is 64.1 Å². The van der Waals surface area contributed by atoms with Gasteiger partial charge in [0.1, 0.15) is 11.9 Å². The highest BCUT2D eigenvalue weighted by molar-refractivity contribution is 14.1. The van der Waals surface area contributed by atoms with Crippen LogP contribution >= 0.6 is 22.6 Å². The Bertz CT molecular complexity index is 1350. The summed E-state index contributed by atoms with van der Waals surface area (Å²) < 4.78 is 23.0. The molecule has 2 aromatic heterocycles. The summed E-state index contributed by atoms with van der Waals surface area (Å²) in [6.07, 6.45) is 2.19. The maximum absolute atomic E-state index is 14.0. The molecule has 34 heavy (non-hydrogen) atoms. The van der Waals surface area contributed by atoms with Gasteiger partial charge in [0.2, 0.25) is 0 Å². The van der Waals surface area contributed by atoms with E-state index in [1.54, 1.807) is 18.2 Å². The van der Waals surface area contributed by atoms with Crippen LogP contribution in [0.25, 0.3) is 16.7 Å². The highest BCUT2D eigenvalue weighted by Gasteiger charge is 2.29. The Hall–Kier alpha value is -2.76. The zero-order valence-electron chi connectivity index (χ0n) is 19.2. The fourth-order valence-corrected chi connectivity index (χ4v) is 4.79. The smallest absolute Gasteiger partial charge is 0.407 e. The molecule has 1 aliphatic carbocycles. The van der Waals surface area contributed by atoms with E-state index in [-0.39, 0.29) is 17.1 Å². The molecule has 1 aromatic carbocycles. The van der Waals surface area contributed by atoms with Crippen molar-refractivity contribution in [2.24, 2.45) is 0 Å². The van der Waals surface area contributed by atoms with Gasteiger partial charge in [-0.2, -0.15) is 0 Å². The highest BCUT2D eigenvalue weighted by atomic mass is 127. The monoisotopic (exact) mass is 580 g/mol. The number of halogens is 2. The van der Waals surface area contributed by atoms with Crippen molar-refractivity contribution in [3.05, 3.63) is 66.8 Å². The molecular formula is C24H26FIN4O4. The lowest BCUT2D eigenvalue weighted by Gasteiger charge is -2.30. The van der Waals surface area contributed by atoms with Gasteiger partial charge in [0.15, 0.2) is 5.65 Å². The van der Waals surface area contributed by atoms with E-state index in [1.165, 1.54) is 9.13 Å². The molecule has 0 aliphatic heterocycles. The third kappa shape index (κ3) is 5.16. The van der Waals surface area contributed by atoms with Crippen LogP contribution in [0.3, 0.4) is 0 Å². The molecule has 3 aromatic rings. The first-order valence-corrected chi connectivity index (χ1v) is 12.2. The van der Waals surface area contributed by atoms with Crippen molar-refractivity contribution in [3.8, 4) is 5.69 Å². The third-order valence-electron chi connectivity index (χ3n) is 5.72. The summed E-state index contributed by atoms with van der Waals surface area (Å²) in [6, 6.07) is 7.97. The molecule has 0 bridgehead atoms. The summed E-state index contributed by atoms with van der Waals surface area (Å²) in [5, 5.41) is 2.81. The van der Waals surface area contributed by atoms with Crippen molar-refractivity contribution in [2.75, 3.05) is 0 Å². The largest absolute Gasteiger partial charge is 0.446 e. The summed E-state index contributed by atoms with van der Waals surface area (Å²) >= 11 is 2.14. The molecule has 1 N–H and O–H groups in total. The van der Waals surface area contributed by atoms with Crippen LogP contribution in [0.2, 0.25) is 0 Å². The number of pyridine rings is 1. The van der Waals surface area contributed by atoms with Gasteiger partial charge in [-0.3, -0.25) is 9.36 Å². The van der Waals surface area contributed by atoms with E-state index in [9.17, 15) is 18.8 Å². The molecule has 1 aliphatic rings. The first-order chi connectivity index (χ1) is 16.0. The predicted octanol–water partition coefficient (Wildman–Crippen LogP) is 4.30. The van der Waals surface area contributed by atoms with Crippen LogP contribution in [0.15, 0.2) is 46.1 Å². The summed E-state index contributed by atoms with van der Waals surface area (Å²) in [7, 11) is 0. The van der Waals surface area contributed by atoms with Crippen molar-refractivity contribution < 1.29 is 13.9 Å². The van der Waals surface area contributed by atoms with Crippen LogP contribution in [0.4, 0.5) is 9.18 Å². The summed E-state index contributed by atoms with van der Waals surface area (Å²) in [5.74, 6) is -0.647. The maximum atomic E-state index is 14.0. The van der Waals surface area contributed by atoms with Crippen molar-refractivity contribution in [1.82, 2.24) is 19.4 Å². The van der Waals surface area contributed by atoms with Crippen LogP contribution in [0.5, 0.6) is 0 Å². The number of hydrogen-bond donors (Lipinski definition) is 1. The zero-order chi connectivity index (χ0) is 24.6. The molecular weight excluding hydrogens is 554 g/mol.